The van der Waals surface area contributed by atoms with Crippen molar-refractivity contribution in [3.05, 3.63) is 56.5 Å². The molecule has 20 heavy (non-hydrogen) atoms. The third kappa shape index (κ3) is 4.02. The Morgan fingerprint density at radius 1 is 1.45 bits per heavy atom. The predicted molar refractivity (Wildman–Crippen MR) is 86.6 cm³/mol. The molecule has 0 spiro atoms. The van der Waals surface area contributed by atoms with Gasteiger partial charge in [-0.1, -0.05) is 34.1 Å². The van der Waals surface area contributed by atoms with Crippen LogP contribution in [0.1, 0.15) is 29.2 Å². The van der Waals surface area contributed by atoms with Gasteiger partial charge in [-0.05, 0) is 31.6 Å². The fourth-order valence-electron chi connectivity index (χ4n) is 1.78. The average Bonchev–Trinajstić information content (AvgIpc) is 2.82. The van der Waals surface area contributed by atoms with E-state index in [2.05, 4.69) is 26.2 Å². The van der Waals surface area contributed by atoms with E-state index in [-0.39, 0.29) is 11.9 Å². The van der Waals surface area contributed by atoms with Crippen molar-refractivity contribution < 1.29 is 4.79 Å². The second-order valence-electron chi connectivity index (χ2n) is 4.38. The Morgan fingerprint density at radius 2 is 2.20 bits per heavy atom. The summed E-state index contributed by atoms with van der Waals surface area (Å²) in [7, 11) is 0. The Morgan fingerprint density at radius 3 is 2.85 bits per heavy atom. The van der Waals surface area contributed by atoms with Gasteiger partial charge in [-0.15, -0.1) is 11.3 Å². The molecule has 1 heterocycles. The molecule has 0 aliphatic heterocycles. The van der Waals surface area contributed by atoms with Crippen molar-refractivity contribution in [2.75, 3.05) is 0 Å². The van der Waals surface area contributed by atoms with Crippen molar-refractivity contribution in [2.45, 2.75) is 19.9 Å². The van der Waals surface area contributed by atoms with E-state index in [1.165, 1.54) is 6.08 Å². The molecule has 1 aromatic heterocycles. The SMILES string of the molecule is Cc1nc(C=CC(=O)NC(C)c2ccccc2Br)cs1. The van der Waals surface area contributed by atoms with Gasteiger partial charge in [0, 0.05) is 15.9 Å². The lowest BCUT2D eigenvalue weighted by Gasteiger charge is -2.14. The van der Waals surface area contributed by atoms with Crippen molar-refractivity contribution in [3.63, 3.8) is 0 Å². The first kappa shape index (κ1) is 14.9. The lowest BCUT2D eigenvalue weighted by atomic mass is 10.1. The van der Waals surface area contributed by atoms with Crippen LogP contribution in [0.15, 0.2) is 40.2 Å². The van der Waals surface area contributed by atoms with E-state index in [0.717, 1.165) is 20.7 Å². The zero-order chi connectivity index (χ0) is 14.5. The second kappa shape index (κ2) is 6.81. The monoisotopic (exact) mass is 350 g/mol. The van der Waals surface area contributed by atoms with E-state index in [0.29, 0.717) is 0 Å². The smallest absolute Gasteiger partial charge is 0.244 e. The van der Waals surface area contributed by atoms with Gasteiger partial charge in [0.15, 0.2) is 0 Å². The molecule has 1 unspecified atom stereocenters. The van der Waals surface area contributed by atoms with Crippen LogP contribution in [0.4, 0.5) is 0 Å². The first-order valence-electron chi connectivity index (χ1n) is 6.21. The highest BCUT2D eigenvalue weighted by molar-refractivity contribution is 9.10. The van der Waals surface area contributed by atoms with Gasteiger partial charge in [0.05, 0.1) is 16.7 Å². The van der Waals surface area contributed by atoms with Gasteiger partial charge in [-0.25, -0.2) is 4.98 Å². The molecule has 2 rings (SSSR count). The summed E-state index contributed by atoms with van der Waals surface area (Å²) in [6, 6.07) is 7.80. The maximum Gasteiger partial charge on any atom is 0.244 e. The van der Waals surface area contributed by atoms with Crippen LogP contribution in [-0.4, -0.2) is 10.9 Å². The first-order valence-corrected chi connectivity index (χ1v) is 7.88. The van der Waals surface area contributed by atoms with Crippen LogP contribution >= 0.6 is 27.3 Å². The number of nitrogens with zero attached hydrogens (tertiary/aromatic N) is 1. The van der Waals surface area contributed by atoms with Gasteiger partial charge >= 0.3 is 0 Å². The van der Waals surface area contributed by atoms with Gasteiger partial charge < -0.3 is 5.32 Å². The lowest BCUT2D eigenvalue weighted by Crippen LogP contribution is -2.24. The number of benzene rings is 1. The molecule has 104 valence electrons. The third-order valence-corrected chi connectivity index (χ3v) is 4.29. The topological polar surface area (TPSA) is 42.0 Å². The van der Waals surface area contributed by atoms with E-state index in [1.54, 1.807) is 17.4 Å². The van der Waals surface area contributed by atoms with Crippen LogP contribution in [-0.2, 0) is 4.79 Å². The van der Waals surface area contributed by atoms with Crippen LogP contribution in [0.5, 0.6) is 0 Å². The number of halogens is 1. The molecule has 0 aliphatic carbocycles. The molecule has 0 fully saturated rings. The number of hydrogen-bond donors (Lipinski definition) is 1. The van der Waals surface area contributed by atoms with Crippen LogP contribution < -0.4 is 5.32 Å². The highest BCUT2D eigenvalue weighted by Crippen LogP contribution is 2.22. The largest absolute Gasteiger partial charge is 0.346 e. The Balaban J connectivity index is 1.98. The van der Waals surface area contributed by atoms with Crippen molar-refractivity contribution >= 4 is 39.2 Å². The highest BCUT2D eigenvalue weighted by atomic mass is 79.9. The number of aryl methyl sites for hydroxylation is 1. The number of carbonyl (C=O) groups is 1. The molecule has 5 heteroatoms. The normalized spacial score (nSPS) is 12.6. The summed E-state index contributed by atoms with van der Waals surface area (Å²) in [5.41, 5.74) is 1.87. The number of aromatic nitrogens is 1. The number of nitrogens with one attached hydrogen (secondary N) is 1. The molecule has 3 nitrogen and oxygen atoms in total. The number of hydrogen-bond acceptors (Lipinski definition) is 3. The van der Waals surface area contributed by atoms with Crippen molar-refractivity contribution in [1.29, 1.82) is 0 Å². The van der Waals surface area contributed by atoms with Gasteiger partial charge in [-0.3, -0.25) is 4.79 Å². The Kier molecular flexibility index (Phi) is 5.09. The van der Waals surface area contributed by atoms with E-state index < -0.39 is 0 Å². The van der Waals surface area contributed by atoms with E-state index in [1.807, 2.05) is 43.5 Å². The minimum Gasteiger partial charge on any atom is -0.346 e. The summed E-state index contributed by atoms with van der Waals surface area (Å²) < 4.78 is 0.993. The van der Waals surface area contributed by atoms with Crippen LogP contribution in [0, 0.1) is 6.92 Å². The predicted octanol–water partition coefficient (Wildman–Crippen LogP) is 4.10. The van der Waals surface area contributed by atoms with Gasteiger partial charge in [0.2, 0.25) is 5.91 Å². The van der Waals surface area contributed by atoms with Crippen molar-refractivity contribution in [2.24, 2.45) is 0 Å². The van der Waals surface area contributed by atoms with Crippen molar-refractivity contribution in [1.82, 2.24) is 10.3 Å². The fourth-order valence-corrected chi connectivity index (χ4v) is 2.99. The zero-order valence-corrected chi connectivity index (χ0v) is 13.7. The molecular formula is C15H15BrN2OS. The van der Waals surface area contributed by atoms with Gasteiger partial charge in [0.25, 0.3) is 0 Å². The number of rotatable bonds is 4. The average molecular weight is 351 g/mol. The summed E-state index contributed by atoms with van der Waals surface area (Å²) in [6.07, 6.45) is 3.24. The summed E-state index contributed by atoms with van der Waals surface area (Å²) >= 11 is 5.06. The molecule has 0 radical (unpaired) electrons. The molecule has 1 atom stereocenters. The van der Waals surface area contributed by atoms with Crippen LogP contribution in [0.2, 0.25) is 0 Å². The van der Waals surface area contributed by atoms with Gasteiger partial charge in [0.1, 0.15) is 0 Å². The molecule has 0 aliphatic rings. The van der Waals surface area contributed by atoms with Crippen LogP contribution in [0.25, 0.3) is 6.08 Å². The minimum atomic E-state index is -0.126. The van der Waals surface area contributed by atoms with Crippen LogP contribution in [0.3, 0.4) is 0 Å². The van der Waals surface area contributed by atoms with Gasteiger partial charge in [-0.2, -0.15) is 0 Å². The Hall–Kier alpha value is -1.46. The standard InChI is InChI=1S/C15H15BrN2OS/c1-10(13-5-3-4-6-14(13)16)17-15(19)8-7-12-9-20-11(2)18-12/h3-10H,1-2H3,(H,17,19). The van der Waals surface area contributed by atoms with Crippen molar-refractivity contribution in [3.8, 4) is 0 Å². The first-order chi connectivity index (χ1) is 9.56. The highest BCUT2D eigenvalue weighted by Gasteiger charge is 2.10. The fraction of sp³-hybridized carbons (Fsp3) is 0.200. The second-order valence-corrected chi connectivity index (χ2v) is 6.29. The number of thiazole rings is 1. The molecule has 2 aromatic rings. The summed E-state index contributed by atoms with van der Waals surface area (Å²) in [5, 5.41) is 5.85. The quantitative estimate of drug-likeness (QED) is 0.843. The molecule has 0 saturated carbocycles. The molecule has 0 bridgehead atoms. The number of amides is 1. The molecule has 1 amide bonds. The molecular weight excluding hydrogens is 336 g/mol. The molecule has 1 aromatic carbocycles. The zero-order valence-electron chi connectivity index (χ0n) is 11.3. The molecule has 1 N–H and O–H groups in total. The maximum atomic E-state index is 11.9. The van der Waals surface area contributed by atoms with E-state index in [4.69, 9.17) is 0 Å². The summed E-state index contributed by atoms with van der Waals surface area (Å²) in [6.45, 7) is 3.90. The Labute approximate surface area is 130 Å². The van der Waals surface area contributed by atoms with E-state index in [9.17, 15) is 4.79 Å². The number of carbonyl (C=O) groups excluding carboxylic acids is 1. The maximum absolute atomic E-state index is 11.9. The summed E-state index contributed by atoms with van der Waals surface area (Å²) in [5.74, 6) is -0.126. The lowest BCUT2D eigenvalue weighted by molar-refractivity contribution is -0.117. The summed E-state index contributed by atoms with van der Waals surface area (Å²) in [4.78, 5) is 16.2. The van der Waals surface area contributed by atoms with E-state index >= 15 is 0 Å². The Bertz CT molecular complexity index is 636. The third-order valence-electron chi connectivity index (χ3n) is 2.77. The molecule has 0 saturated heterocycles. The minimum absolute atomic E-state index is 0.0557.